The predicted octanol–water partition coefficient (Wildman–Crippen LogP) is 0.906. The molecule has 0 aliphatic carbocycles. The van der Waals surface area contributed by atoms with E-state index in [1.54, 1.807) is 12.1 Å². The Hall–Kier alpha value is -1.46. The van der Waals surface area contributed by atoms with Crippen LogP contribution in [-0.4, -0.2) is 31.2 Å². The van der Waals surface area contributed by atoms with Gasteiger partial charge in [0.2, 0.25) is 0 Å². The second-order valence-corrected chi connectivity index (χ2v) is 4.40. The van der Waals surface area contributed by atoms with Crippen LogP contribution in [0.5, 0.6) is 0 Å². The quantitative estimate of drug-likeness (QED) is 0.833. The van der Waals surface area contributed by atoms with E-state index in [0.29, 0.717) is 18.8 Å². The van der Waals surface area contributed by atoms with Crippen molar-refractivity contribution in [1.29, 1.82) is 0 Å². The molecule has 1 amide bonds. The van der Waals surface area contributed by atoms with Gasteiger partial charge in [0.1, 0.15) is 12.4 Å². The zero-order valence-corrected chi connectivity index (χ0v) is 9.65. The molecule has 0 saturated carbocycles. The fourth-order valence-corrected chi connectivity index (χ4v) is 1.78. The SMILES string of the molecule is CC1(CN)CN(c2cccc(F)c2)C(=O)CO1. The molecule has 0 radical (unpaired) electrons. The molecular weight excluding hydrogens is 223 g/mol. The van der Waals surface area contributed by atoms with Crippen LogP contribution < -0.4 is 10.6 Å². The van der Waals surface area contributed by atoms with Crippen LogP contribution in [0.3, 0.4) is 0 Å². The number of nitrogens with two attached hydrogens (primary N) is 1. The first-order valence-corrected chi connectivity index (χ1v) is 5.44. The van der Waals surface area contributed by atoms with Gasteiger partial charge in [-0.2, -0.15) is 0 Å². The molecule has 2 N–H and O–H groups in total. The third-order valence-electron chi connectivity index (χ3n) is 2.89. The first-order valence-electron chi connectivity index (χ1n) is 5.44. The minimum atomic E-state index is -0.569. The van der Waals surface area contributed by atoms with Gasteiger partial charge in [-0.05, 0) is 25.1 Å². The number of hydrogen-bond donors (Lipinski definition) is 1. The molecule has 0 spiro atoms. The average molecular weight is 238 g/mol. The van der Waals surface area contributed by atoms with Crippen LogP contribution in [0.4, 0.5) is 10.1 Å². The molecule has 1 aromatic rings. The first-order chi connectivity index (χ1) is 8.04. The maximum Gasteiger partial charge on any atom is 0.253 e. The molecule has 0 bridgehead atoms. The minimum Gasteiger partial charge on any atom is -0.362 e. The lowest BCUT2D eigenvalue weighted by Gasteiger charge is -2.39. The van der Waals surface area contributed by atoms with Crippen LogP contribution in [0.2, 0.25) is 0 Å². The van der Waals surface area contributed by atoms with Crippen molar-refractivity contribution < 1.29 is 13.9 Å². The Kier molecular flexibility index (Phi) is 3.13. The lowest BCUT2D eigenvalue weighted by Crippen LogP contribution is -2.56. The summed E-state index contributed by atoms with van der Waals surface area (Å²) in [6.45, 7) is 2.47. The van der Waals surface area contributed by atoms with Gasteiger partial charge in [0.05, 0.1) is 12.1 Å². The molecule has 92 valence electrons. The number of rotatable bonds is 2. The Morgan fingerprint density at radius 1 is 1.59 bits per heavy atom. The summed E-state index contributed by atoms with van der Waals surface area (Å²) in [5, 5.41) is 0. The summed E-state index contributed by atoms with van der Waals surface area (Å²) in [5.74, 6) is -0.544. The van der Waals surface area contributed by atoms with Gasteiger partial charge < -0.3 is 15.4 Å². The molecular formula is C12H15FN2O2. The summed E-state index contributed by atoms with van der Waals surface area (Å²) in [7, 11) is 0. The number of benzene rings is 1. The fourth-order valence-electron chi connectivity index (χ4n) is 1.78. The van der Waals surface area contributed by atoms with Crippen molar-refractivity contribution in [3.63, 3.8) is 0 Å². The number of amides is 1. The second kappa shape index (κ2) is 4.43. The maximum atomic E-state index is 13.1. The molecule has 2 rings (SSSR count). The van der Waals surface area contributed by atoms with Crippen molar-refractivity contribution in [3.05, 3.63) is 30.1 Å². The number of anilines is 1. The van der Waals surface area contributed by atoms with Gasteiger partial charge in [-0.15, -0.1) is 0 Å². The number of carbonyl (C=O) groups is 1. The molecule has 1 aliphatic rings. The molecule has 4 nitrogen and oxygen atoms in total. The number of halogens is 1. The van der Waals surface area contributed by atoms with Crippen LogP contribution in [0, 0.1) is 5.82 Å². The lowest BCUT2D eigenvalue weighted by molar-refractivity contribution is -0.135. The Labute approximate surface area is 99.2 Å². The highest BCUT2D eigenvalue weighted by Crippen LogP contribution is 2.23. The average Bonchev–Trinajstić information content (AvgIpc) is 2.33. The van der Waals surface area contributed by atoms with Crippen LogP contribution >= 0.6 is 0 Å². The Morgan fingerprint density at radius 2 is 2.35 bits per heavy atom. The zero-order chi connectivity index (χ0) is 12.5. The van der Waals surface area contributed by atoms with Crippen molar-refractivity contribution in [3.8, 4) is 0 Å². The topological polar surface area (TPSA) is 55.6 Å². The second-order valence-electron chi connectivity index (χ2n) is 4.40. The Balaban J connectivity index is 2.27. The number of carbonyl (C=O) groups excluding carboxylic acids is 1. The number of morpholine rings is 1. The number of hydrogen-bond acceptors (Lipinski definition) is 3. The third-order valence-corrected chi connectivity index (χ3v) is 2.89. The van der Waals surface area contributed by atoms with E-state index in [2.05, 4.69) is 0 Å². The lowest BCUT2D eigenvalue weighted by atomic mass is 10.0. The van der Waals surface area contributed by atoms with Crippen LogP contribution in [0.25, 0.3) is 0 Å². The summed E-state index contributed by atoms with van der Waals surface area (Å²) in [6, 6.07) is 5.95. The largest absolute Gasteiger partial charge is 0.362 e. The number of nitrogens with zero attached hydrogens (tertiary/aromatic N) is 1. The Morgan fingerprint density at radius 3 is 3.00 bits per heavy atom. The third kappa shape index (κ3) is 2.45. The van der Waals surface area contributed by atoms with E-state index in [9.17, 15) is 9.18 Å². The van der Waals surface area contributed by atoms with Gasteiger partial charge in [0, 0.05) is 12.2 Å². The summed E-state index contributed by atoms with van der Waals surface area (Å²) in [4.78, 5) is 13.3. The minimum absolute atomic E-state index is 0.0236. The standard InChI is InChI=1S/C12H15FN2O2/c1-12(7-14)8-15(11(16)6-17-12)10-4-2-3-9(13)5-10/h2-5H,6-8,14H2,1H3. The van der Waals surface area contributed by atoms with Crippen LogP contribution in [0.1, 0.15) is 6.92 Å². The highest BCUT2D eigenvalue weighted by Gasteiger charge is 2.35. The van der Waals surface area contributed by atoms with E-state index in [1.165, 1.54) is 17.0 Å². The molecule has 1 aromatic carbocycles. The van der Waals surface area contributed by atoms with Crippen molar-refractivity contribution in [2.24, 2.45) is 5.73 Å². The van der Waals surface area contributed by atoms with E-state index in [4.69, 9.17) is 10.5 Å². The van der Waals surface area contributed by atoms with Crippen molar-refractivity contribution >= 4 is 11.6 Å². The van der Waals surface area contributed by atoms with Gasteiger partial charge in [0.15, 0.2) is 0 Å². The zero-order valence-electron chi connectivity index (χ0n) is 9.65. The summed E-state index contributed by atoms with van der Waals surface area (Å²) < 4.78 is 18.5. The monoisotopic (exact) mass is 238 g/mol. The van der Waals surface area contributed by atoms with E-state index >= 15 is 0 Å². The summed E-state index contributed by atoms with van der Waals surface area (Å²) in [5.41, 5.74) is 5.59. The summed E-state index contributed by atoms with van der Waals surface area (Å²) in [6.07, 6.45) is 0. The molecule has 0 aromatic heterocycles. The van der Waals surface area contributed by atoms with E-state index < -0.39 is 5.60 Å². The molecule has 1 atom stereocenters. The fraction of sp³-hybridized carbons (Fsp3) is 0.417. The normalized spacial score (nSPS) is 25.1. The van der Waals surface area contributed by atoms with E-state index in [1.807, 2.05) is 6.92 Å². The van der Waals surface area contributed by atoms with Crippen molar-refractivity contribution in [2.75, 3.05) is 24.6 Å². The highest BCUT2D eigenvalue weighted by atomic mass is 19.1. The van der Waals surface area contributed by atoms with Crippen LogP contribution in [-0.2, 0) is 9.53 Å². The predicted molar refractivity (Wildman–Crippen MR) is 62.2 cm³/mol. The van der Waals surface area contributed by atoms with Crippen molar-refractivity contribution in [2.45, 2.75) is 12.5 Å². The van der Waals surface area contributed by atoms with Gasteiger partial charge in [0.25, 0.3) is 5.91 Å². The van der Waals surface area contributed by atoms with Crippen LogP contribution in [0.15, 0.2) is 24.3 Å². The highest BCUT2D eigenvalue weighted by molar-refractivity contribution is 5.95. The van der Waals surface area contributed by atoms with Gasteiger partial charge >= 0.3 is 0 Å². The van der Waals surface area contributed by atoms with E-state index in [-0.39, 0.29) is 18.3 Å². The molecule has 1 heterocycles. The molecule has 1 fully saturated rings. The summed E-state index contributed by atoms with van der Waals surface area (Å²) >= 11 is 0. The number of ether oxygens (including phenoxy) is 1. The van der Waals surface area contributed by atoms with Crippen molar-refractivity contribution in [1.82, 2.24) is 0 Å². The molecule has 17 heavy (non-hydrogen) atoms. The molecule has 5 heteroatoms. The molecule has 1 unspecified atom stereocenters. The Bertz CT molecular complexity index is 438. The smallest absolute Gasteiger partial charge is 0.253 e. The molecule has 1 saturated heterocycles. The first kappa shape index (κ1) is 12.0. The van der Waals surface area contributed by atoms with Gasteiger partial charge in [-0.1, -0.05) is 6.07 Å². The van der Waals surface area contributed by atoms with Gasteiger partial charge in [-0.25, -0.2) is 4.39 Å². The van der Waals surface area contributed by atoms with E-state index in [0.717, 1.165) is 0 Å². The molecule has 1 aliphatic heterocycles. The van der Waals surface area contributed by atoms with Gasteiger partial charge in [-0.3, -0.25) is 4.79 Å². The maximum absolute atomic E-state index is 13.1.